The summed E-state index contributed by atoms with van der Waals surface area (Å²) in [5.74, 6) is 0.895. The van der Waals surface area contributed by atoms with Crippen molar-refractivity contribution in [3.05, 3.63) is 53.7 Å². The van der Waals surface area contributed by atoms with Crippen molar-refractivity contribution in [2.24, 2.45) is 5.92 Å². The Morgan fingerprint density at radius 1 is 1.28 bits per heavy atom. The predicted molar refractivity (Wildman–Crippen MR) is 94.9 cm³/mol. The molecule has 1 atom stereocenters. The molecule has 0 aliphatic carbocycles. The smallest absolute Gasteiger partial charge is 0.274 e. The fourth-order valence-corrected chi connectivity index (χ4v) is 3.05. The predicted octanol–water partition coefficient (Wildman–Crippen LogP) is 3.14. The summed E-state index contributed by atoms with van der Waals surface area (Å²) in [6.07, 6.45) is 6.09. The van der Waals surface area contributed by atoms with E-state index in [0.717, 1.165) is 31.5 Å². The minimum absolute atomic E-state index is 0.0445. The maximum absolute atomic E-state index is 12.9. The van der Waals surface area contributed by atoms with Gasteiger partial charge in [-0.05, 0) is 42.9 Å². The van der Waals surface area contributed by atoms with Crippen LogP contribution in [0.25, 0.3) is 0 Å². The van der Waals surface area contributed by atoms with Crippen molar-refractivity contribution in [3.8, 4) is 0 Å². The first-order valence-electron chi connectivity index (χ1n) is 8.71. The molecule has 0 saturated carbocycles. The van der Waals surface area contributed by atoms with Gasteiger partial charge in [0.05, 0.1) is 12.4 Å². The largest absolute Gasteiger partial charge is 0.368 e. The van der Waals surface area contributed by atoms with Crippen LogP contribution in [0.5, 0.6) is 0 Å². The Balaban J connectivity index is 1.51. The number of likely N-dealkylation sites (tertiary alicyclic amines) is 1. The summed E-state index contributed by atoms with van der Waals surface area (Å²) in [7, 11) is 0. The van der Waals surface area contributed by atoms with E-state index in [2.05, 4.69) is 22.2 Å². The number of piperidine rings is 1. The first kappa shape index (κ1) is 17.3. The van der Waals surface area contributed by atoms with Gasteiger partial charge >= 0.3 is 0 Å². The molecule has 0 radical (unpaired) electrons. The third-order valence-electron chi connectivity index (χ3n) is 4.45. The lowest BCUT2D eigenvalue weighted by atomic mass is 10.0. The van der Waals surface area contributed by atoms with Crippen LogP contribution in [0.2, 0.25) is 0 Å². The van der Waals surface area contributed by atoms with Crippen LogP contribution in [0.3, 0.4) is 0 Å². The highest BCUT2D eigenvalue weighted by molar-refractivity contribution is 5.92. The lowest BCUT2D eigenvalue weighted by molar-refractivity contribution is 0.0676. The van der Waals surface area contributed by atoms with Gasteiger partial charge in [-0.15, -0.1) is 0 Å². The Labute approximate surface area is 147 Å². The molecular formula is C19H23FN4O. The van der Waals surface area contributed by atoms with E-state index in [1.165, 1.54) is 24.8 Å². The van der Waals surface area contributed by atoms with Crippen molar-refractivity contribution in [3.63, 3.8) is 0 Å². The van der Waals surface area contributed by atoms with Gasteiger partial charge in [-0.2, -0.15) is 0 Å². The van der Waals surface area contributed by atoms with Crippen LogP contribution in [-0.2, 0) is 6.42 Å². The van der Waals surface area contributed by atoms with Crippen LogP contribution >= 0.6 is 0 Å². The molecule has 1 aliphatic rings. The molecule has 1 aromatic heterocycles. The van der Waals surface area contributed by atoms with Gasteiger partial charge in [0.25, 0.3) is 5.91 Å². The zero-order valence-corrected chi connectivity index (χ0v) is 14.4. The molecule has 6 heteroatoms. The van der Waals surface area contributed by atoms with Crippen molar-refractivity contribution < 1.29 is 9.18 Å². The van der Waals surface area contributed by atoms with Crippen LogP contribution in [0.1, 0.15) is 35.8 Å². The van der Waals surface area contributed by atoms with Gasteiger partial charge in [0.1, 0.15) is 17.3 Å². The molecule has 1 amide bonds. The van der Waals surface area contributed by atoms with Gasteiger partial charge in [-0.1, -0.05) is 19.1 Å². The van der Waals surface area contributed by atoms with E-state index in [1.54, 1.807) is 18.3 Å². The van der Waals surface area contributed by atoms with E-state index in [9.17, 15) is 9.18 Å². The maximum Gasteiger partial charge on any atom is 0.274 e. The standard InChI is InChI=1S/C19H23FN4O/c1-14-3-2-10-24(13-14)19(25)17-11-23-18(12-22-17)21-9-8-15-4-6-16(20)7-5-15/h4-7,11-12,14H,2-3,8-10,13H2,1H3,(H,21,23). The number of hydrogen-bond acceptors (Lipinski definition) is 4. The molecule has 1 saturated heterocycles. The lowest BCUT2D eigenvalue weighted by Gasteiger charge is -2.30. The van der Waals surface area contributed by atoms with Crippen LogP contribution in [-0.4, -0.2) is 40.4 Å². The number of halogens is 1. The van der Waals surface area contributed by atoms with Gasteiger partial charge in [-0.3, -0.25) is 4.79 Å². The third kappa shape index (κ3) is 4.75. The van der Waals surface area contributed by atoms with Gasteiger partial charge in [0.2, 0.25) is 0 Å². The number of nitrogens with zero attached hydrogens (tertiary/aromatic N) is 3. The van der Waals surface area contributed by atoms with Gasteiger partial charge in [-0.25, -0.2) is 14.4 Å². The van der Waals surface area contributed by atoms with Gasteiger partial charge in [0, 0.05) is 19.6 Å². The van der Waals surface area contributed by atoms with E-state index in [-0.39, 0.29) is 11.7 Å². The number of hydrogen-bond donors (Lipinski definition) is 1. The Kier molecular flexibility index (Phi) is 5.58. The molecular weight excluding hydrogens is 319 g/mol. The second-order valence-electron chi connectivity index (χ2n) is 6.59. The molecule has 0 spiro atoms. The highest BCUT2D eigenvalue weighted by Gasteiger charge is 2.23. The Morgan fingerprint density at radius 3 is 2.76 bits per heavy atom. The summed E-state index contributed by atoms with van der Waals surface area (Å²) < 4.78 is 12.9. The average molecular weight is 342 g/mol. The molecule has 0 bridgehead atoms. The Bertz CT molecular complexity index is 702. The molecule has 1 aromatic carbocycles. The number of carbonyl (C=O) groups excluding carboxylic acids is 1. The van der Waals surface area contributed by atoms with Crippen molar-refractivity contribution in [2.75, 3.05) is 25.0 Å². The molecule has 132 valence electrons. The number of aromatic nitrogens is 2. The molecule has 5 nitrogen and oxygen atoms in total. The Morgan fingerprint density at radius 2 is 2.08 bits per heavy atom. The monoisotopic (exact) mass is 342 g/mol. The Hall–Kier alpha value is -2.50. The van der Waals surface area contributed by atoms with Crippen LogP contribution in [0, 0.1) is 11.7 Å². The van der Waals surface area contributed by atoms with Crippen molar-refractivity contribution in [1.29, 1.82) is 0 Å². The number of amides is 1. The summed E-state index contributed by atoms with van der Waals surface area (Å²) in [5.41, 5.74) is 1.44. The fourth-order valence-electron chi connectivity index (χ4n) is 3.05. The summed E-state index contributed by atoms with van der Waals surface area (Å²) in [6, 6.07) is 6.45. The molecule has 1 N–H and O–H groups in total. The fraction of sp³-hybridized carbons (Fsp3) is 0.421. The van der Waals surface area contributed by atoms with Gasteiger partial charge in [0.15, 0.2) is 0 Å². The zero-order chi connectivity index (χ0) is 17.6. The SMILES string of the molecule is CC1CCCN(C(=O)c2cnc(NCCc3ccc(F)cc3)cn2)C1. The topological polar surface area (TPSA) is 58.1 Å². The molecule has 1 aliphatic heterocycles. The molecule has 2 aromatic rings. The number of rotatable bonds is 5. The number of benzene rings is 1. The second kappa shape index (κ2) is 8.05. The average Bonchev–Trinajstić information content (AvgIpc) is 2.63. The molecule has 1 fully saturated rings. The van der Waals surface area contributed by atoms with E-state index in [0.29, 0.717) is 24.0 Å². The summed E-state index contributed by atoms with van der Waals surface area (Å²) in [5, 5.41) is 3.17. The van der Waals surface area contributed by atoms with E-state index >= 15 is 0 Å². The first-order valence-corrected chi connectivity index (χ1v) is 8.71. The highest BCUT2D eigenvalue weighted by Crippen LogP contribution is 2.17. The number of anilines is 1. The van der Waals surface area contributed by atoms with Crippen molar-refractivity contribution in [1.82, 2.24) is 14.9 Å². The third-order valence-corrected chi connectivity index (χ3v) is 4.45. The van der Waals surface area contributed by atoms with Crippen LogP contribution < -0.4 is 5.32 Å². The highest BCUT2D eigenvalue weighted by atomic mass is 19.1. The van der Waals surface area contributed by atoms with Crippen LogP contribution in [0.15, 0.2) is 36.7 Å². The summed E-state index contributed by atoms with van der Waals surface area (Å²) >= 11 is 0. The minimum atomic E-state index is -0.231. The normalized spacial score (nSPS) is 17.4. The van der Waals surface area contributed by atoms with Gasteiger partial charge < -0.3 is 10.2 Å². The minimum Gasteiger partial charge on any atom is -0.368 e. The second-order valence-corrected chi connectivity index (χ2v) is 6.59. The number of nitrogens with one attached hydrogen (secondary N) is 1. The lowest BCUT2D eigenvalue weighted by Crippen LogP contribution is -2.39. The van der Waals surface area contributed by atoms with Crippen LogP contribution in [0.4, 0.5) is 10.2 Å². The molecule has 25 heavy (non-hydrogen) atoms. The first-order chi connectivity index (χ1) is 12.1. The van der Waals surface area contributed by atoms with E-state index in [1.807, 2.05) is 4.90 Å². The molecule has 2 heterocycles. The van der Waals surface area contributed by atoms with E-state index < -0.39 is 0 Å². The zero-order valence-electron chi connectivity index (χ0n) is 14.4. The summed E-state index contributed by atoms with van der Waals surface area (Å²) in [4.78, 5) is 22.8. The quantitative estimate of drug-likeness (QED) is 0.907. The van der Waals surface area contributed by atoms with Crippen molar-refractivity contribution in [2.45, 2.75) is 26.2 Å². The molecule has 3 rings (SSSR count). The summed E-state index contributed by atoms with van der Waals surface area (Å²) in [6.45, 7) is 4.41. The van der Waals surface area contributed by atoms with Crippen molar-refractivity contribution >= 4 is 11.7 Å². The number of carbonyl (C=O) groups is 1. The van der Waals surface area contributed by atoms with E-state index in [4.69, 9.17) is 0 Å². The maximum atomic E-state index is 12.9. The molecule has 1 unspecified atom stereocenters.